The standard InChI is InChI=1S/C10H12N4.C2H6/c1-7-4-12-14-6-9(5-11-10(7)14)13-8-2-3-8;1-2/h4-6,8,13H,2-3H2,1H3;1-2H3. The molecule has 2 aromatic rings. The molecule has 0 spiro atoms. The van der Waals surface area contributed by atoms with Crippen LogP contribution >= 0.6 is 0 Å². The topological polar surface area (TPSA) is 42.2 Å². The Morgan fingerprint density at radius 1 is 1.31 bits per heavy atom. The van der Waals surface area contributed by atoms with Crippen molar-refractivity contribution in [3.63, 3.8) is 0 Å². The minimum atomic E-state index is 0.658. The highest BCUT2D eigenvalue weighted by Gasteiger charge is 2.20. The number of aryl methyl sites for hydroxylation is 1. The second kappa shape index (κ2) is 4.51. The van der Waals surface area contributed by atoms with Gasteiger partial charge in [0.1, 0.15) is 0 Å². The fourth-order valence-electron chi connectivity index (χ4n) is 1.53. The van der Waals surface area contributed by atoms with E-state index < -0.39 is 0 Å². The molecular formula is C12H18N4. The van der Waals surface area contributed by atoms with Gasteiger partial charge in [-0.05, 0) is 19.8 Å². The van der Waals surface area contributed by atoms with E-state index in [2.05, 4.69) is 15.4 Å². The van der Waals surface area contributed by atoms with E-state index >= 15 is 0 Å². The molecule has 0 atom stereocenters. The third-order valence-corrected chi connectivity index (χ3v) is 2.48. The van der Waals surface area contributed by atoms with Gasteiger partial charge in [-0.3, -0.25) is 0 Å². The highest BCUT2D eigenvalue weighted by molar-refractivity contribution is 5.51. The summed E-state index contributed by atoms with van der Waals surface area (Å²) in [4.78, 5) is 4.36. The minimum Gasteiger partial charge on any atom is -0.380 e. The lowest BCUT2D eigenvalue weighted by Gasteiger charge is -2.03. The van der Waals surface area contributed by atoms with Gasteiger partial charge < -0.3 is 5.32 Å². The van der Waals surface area contributed by atoms with Crippen molar-refractivity contribution in [2.45, 2.75) is 39.7 Å². The Hall–Kier alpha value is -1.58. The molecule has 4 heteroatoms. The molecule has 0 aliphatic heterocycles. The van der Waals surface area contributed by atoms with Gasteiger partial charge in [-0.2, -0.15) is 5.10 Å². The molecule has 0 radical (unpaired) electrons. The number of nitrogens with zero attached hydrogens (tertiary/aromatic N) is 3. The van der Waals surface area contributed by atoms with Crippen molar-refractivity contribution in [3.8, 4) is 0 Å². The molecule has 1 saturated carbocycles. The van der Waals surface area contributed by atoms with Crippen LogP contribution in [0.25, 0.3) is 5.65 Å². The van der Waals surface area contributed by atoms with E-state index in [1.54, 1.807) is 0 Å². The van der Waals surface area contributed by atoms with Gasteiger partial charge in [-0.1, -0.05) is 13.8 Å². The molecule has 0 aromatic carbocycles. The van der Waals surface area contributed by atoms with Crippen LogP contribution in [0, 0.1) is 6.92 Å². The summed E-state index contributed by atoms with van der Waals surface area (Å²) in [6, 6.07) is 0.658. The van der Waals surface area contributed by atoms with E-state index in [1.165, 1.54) is 12.8 Å². The molecule has 0 amide bonds. The maximum atomic E-state index is 4.36. The smallest absolute Gasteiger partial charge is 0.157 e. The first-order valence-corrected chi connectivity index (χ1v) is 5.89. The number of rotatable bonds is 2. The highest BCUT2D eigenvalue weighted by atomic mass is 15.2. The van der Waals surface area contributed by atoms with Crippen molar-refractivity contribution < 1.29 is 0 Å². The summed E-state index contributed by atoms with van der Waals surface area (Å²) < 4.78 is 1.82. The first-order chi connectivity index (χ1) is 7.83. The first-order valence-electron chi connectivity index (χ1n) is 5.89. The van der Waals surface area contributed by atoms with Gasteiger partial charge in [-0.15, -0.1) is 0 Å². The van der Waals surface area contributed by atoms with Gasteiger partial charge >= 0.3 is 0 Å². The molecule has 0 bridgehead atoms. The number of nitrogens with one attached hydrogen (secondary N) is 1. The van der Waals surface area contributed by atoms with Crippen LogP contribution in [0.1, 0.15) is 32.3 Å². The zero-order valence-corrected chi connectivity index (χ0v) is 10.1. The summed E-state index contributed by atoms with van der Waals surface area (Å²) in [6.07, 6.45) is 8.26. The maximum Gasteiger partial charge on any atom is 0.157 e. The summed E-state index contributed by atoms with van der Waals surface area (Å²) in [5.74, 6) is 0. The monoisotopic (exact) mass is 218 g/mol. The fraction of sp³-hybridized carbons (Fsp3) is 0.500. The Kier molecular flexibility index (Phi) is 3.08. The lowest BCUT2D eigenvalue weighted by Crippen LogP contribution is -2.03. The van der Waals surface area contributed by atoms with Crippen molar-refractivity contribution in [2.75, 3.05) is 5.32 Å². The maximum absolute atomic E-state index is 4.36. The average Bonchev–Trinajstić information content (AvgIpc) is 3.06. The molecule has 3 rings (SSSR count). The highest BCUT2D eigenvalue weighted by Crippen LogP contribution is 2.24. The molecule has 1 aliphatic carbocycles. The zero-order chi connectivity index (χ0) is 11.5. The lowest BCUT2D eigenvalue weighted by molar-refractivity contribution is 0.935. The summed E-state index contributed by atoms with van der Waals surface area (Å²) >= 11 is 0. The fourth-order valence-corrected chi connectivity index (χ4v) is 1.53. The molecule has 86 valence electrons. The second-order valence-corrected chi connectivity index (χ2v) is 3.86. The van der Waals surface area contributed by atoms with E-state index in [0.29, 0.717) is 6.04 Å². The van der Waals surface area contributed by atoms with Crippen LogP contribution < -0.4 is 5.32 Å². The molecule has 0 saturated heterocycles. The minimum absolute atomic E-state index is 0.658. The lowest BCUT2D eigenvalue weighted by atomic mass is 10.4. The predicted octanol–water partition coefficient (Wildman–Crippen LogP) is 2.64. The molecule has 1 aliphatic rings. The molecule has 2 heterocycles. The summed E-state index contributed by atoms with van der Waals surface area (Å²) in [5, 5.41) is 7.61. The Labute approximate surface area is 95.7 Å². The van der Waals surface area contributed by atoms with Gasteiger partial charge in [0.15, 0.2) is 5.65 Å². The van der Waals surface area contributed by atoms with Crippen molar-refractivity contribution >= 4 is 11.3 Å². The Morgan fingerprint density at radius 2 is 2.06 bits per heavy atom. The Bertz CT molecular complexity index is 471. The normalized spacial score (nSPS) is 14.4. The molecule has 4 nitrogen and oxygen atoms in total. The SMILES string of the molecule is CC.Cc1cnn2cc(NC3CC3)cnc12. The van der Waals surface area contributed by atoms with E-state index in [9.17, 15) is 0 Å². The van der Waals surface area contributed by atoms with Gasteiger partial charge in [0.2, 0.25) is 0 Å². The number of fused-ring (bicyclic) bond motifs is 1. The number of anilines is 1. The Morgan fingerprint density at radius 3 is 2.75 bits per heavy atom. The van der Waals surface area contributed by atoms with Crippen LogP contribution in [-0.4, -0.2) is 20.6 Å². The molecule has 1 N–H and O–H groups in total. The number of hydrogen-bond acceptors (Lipinski definition) is 3. The van der Waals surface area contributed by atoms with Crippen LogP contribution in [0.4, 0.5) is 5.69 Å². The van der Waals surface area contributed by atoms with Gasteiger partial charge in [0.25, 0.3) is 0 Å². The third kappa shape index (κ3) is 2.15. The van der Waals surface area contributed by atoms with E-state index in [-0.39, 0.29) is 0 Å². The molecule has 0 unspecified atom stereocenters. The summed E-state index contributed by atoms with van der Waals surface area (Å²) in [7, 11) is 0. The van der Waals surface area contributed by atoms with E-state index in [1.807, 2.05) is 43.9 Å². The van der Waals surface area contributed by atoms with Crippen LogP contribution in [0.15, 0.2) is 18.6 Å². The quantitative estimate of drug-likeness (QED) is 0.842. The molecule has 1 fully saturated rings. The molecule has 2 aromatic heterocycles. The molecule has 16 heavy (non-hydrogen) atoms. The van der Waals surface area contributed by atoms with Crippen LogP contribution in [0.5, 0.6) is 0 Å². The van der Waals surface area contributed by atoms with Gasteiger partial charge in [0.05, 0.1) is 24.3 Å². The van der Waals surface area contributed by atoms with Crippen LogP contribution in [0.2, 0.25) is 0 Å². The largest absolute Gasteiger partial charge is 0.380 e. The van der Waals surface area contributed by atoms with E-state index in [4.69, 9.17) is 0 Å². The van der Waals surface area contributed by atoms with Crippen molar-refractivity contribution in [2.24, 2.45) is 0 Å². The third-order valence-electron chi connectivity index (χ3n) is 2.48. The van der Waals surface area contributed by atoms with Crippen molar-refractivity contribution in [3.05, 3.63) is 24.2 Å². The van der Waals surface area contributed by atoms with Gasteiger partial charge in [-0.25, -0.2) is 9.50 Å². The van der Waals surface area contributed by atoms with Crippen LogP contribution in [0.3, 0.4) is 0 Å². The number of aromatic nitrogens is 3. The first kappa shape index (κ1) is 10.9. The number of hydrogen-bond donors (Lipinski definition) is 1. The second-order valence-electron chi connectivity index (χ2n) is 3.86. The zero-order valence-electron chi connectivity index (χ0n) is 10.1. The van der Waals surface area contributed by atoms with Crippen molar-refractivity contribution in [1.82, 2.24) is 14.6 Å². The molecular weight excluding hydrogens is 200 g/mol. The summed E-state index contributed by atoms with van der Waals surface area (Å²) in [6.45, 7) is 6.02. The average molecular weight is 218 g/mol. The van der Waals surface area contributed by atoms with Crippen molar-refractivity contribution in [1.29, 1.82) is 0 Å². The predicted molar refractivity (Wildman–Crippen MR) is 65.7 cm³/mol. The van der Waals surface area contributed by atoms with E-state index in [0.717, 1.165) is 16.9 Å². The van der Waals surface area contributed by atoms with Crippen LogP contribution in [-0.2, 0) is 0 Å². The van der Waals surface area contributed by atoms with Gasteiger partial charge in [0, 0.05) is 11.6 Å². The Balaban J connectivity index is 0.000000457. The summed E-state index contributed by atoms with van der Waals surface area (Å²) in [5.41, 5.74) is 3.11.